The number of carbonyl (C=O) groups excluding carboxylic acids is 1. The fraction of sp³-hybridized carbons (Fsp3) is 0.235. The van der Waals surface area contributed by atoms with E-state index in [1.54, 1.807) is 24.3 Å². The van der Waals surface area contributed by atoms with Crippen molar-refractivity contribution in [1.82, 2.24) is 0 Å². The number of ketones is 1. The van der Waals surface area contributed by atoms with Crippen LogP contribution in [0.2, 0.25) is 0 Å². The molecule has 3 nitrogen and oxygen atoms in total. The molecule has 0 radical (unpaired) electrons. The number of rotatable bonds is 5. The van der Waals surface area contributed by atoms with E-state index >= 15 is 0 Å². The van der Waals surface area contributed by atoms with Crippen LogP contribution in [0, 0.1) is 12.7 Å². The van der Waals surface area contributed by atoms with Crippen LogP contribution in [0.5, 0.6) is 11.5 Å². The average molecular weight is 288 g/mol. The van der Waals surface area contributed by atoms with Gasteiger partial charge in [0.25, 0.3) is 0 Å². The van der Waals surface area contributed by atoms with E-state index in [4.69, 9.17) is 9.47 Å². The Labute approximate surface area is 123 Å². The zero-order valence-electron chi connectivity index (χ0n) is 12.3. The van der Waals surface area contributed by atoms with Gasteiger partial charge in [-0.2, -0.15) is 0 Å². The molecule has 0 heterocycles. The van der Waals surface area contributed by atoms with E-state index in [0.29, 0.717) is 16.9 Å². The summed E-state index contributed by atoms with van der Waals surface area (Å²) in [4.78, 5) is 12.4. The lowest BCUT2D eigenvalue weighted by Crippen LogP contribution is -2.08. The number of carbonyl (C=O) groups is 1. The number of methoxy groups -OCH3 is 2. The molecule has 2 aromatic carbocycles. The van der Waals surface area contributed by atoms with Crippen LogP contribution in [-0.2, 0) is 6.42 Å². The van der Waals surface area contributed by atoms with Crippen molar-refractivity contribution in [3.05, 3.63) is 58.9 Å². The van der Waals surface area contributed by atoms with Gasteiger partial charge in [-0.25, -0.2) is 4.39 Å². The number of Topliss-reactive ketones (excluding diaryl/α,β-unsaturated/α-hetero) is 1. The lowest BCUT2D eigenvalue weighted by Gasteiger charge is -2.10. The van der Waals surface area contributed by atoms with Gasteiger partial charge in [-0.1, -0.05) is 23.8 Å². The minimum atomic E-state index is -0.500. The molecule has 0 N–H and O–H groups in total. The van der Waals surface area contributed by atoms with Crippen molar-refractivity contribution < 1.29 is 18.7 Å². The molecule has 0 saturated heterocycles. The minimum absolute atomic E-state index is 0.0388. The fourth-order valence-electron chi connectivity index (χ4n) is 2.16. The lowest BCUT2D eigenvalue weighted by molar-refractivity contribution is 0.0988. The van der Waals surface area contributed by atoms with Gasteiger partial charge in [0.05, 0.1) is 19.8 Å². The first-order valence-electron chi connectivity index (χ1n) is 6.56. The predicted octanol–water partition coefficient (Wildman–Crippen LogP) is 3.58. The van der Waals surface area contributed by atoms with Crippen molar-refractivity contribution in [3.8, 4) is 11.5 Å². The Morgan fingerprint density at radius 3 is 2.48 bits per heavy atom. The van der Waals surface area contributed by atoms with E-state index in [1.165, 1.54) is 20.3 Å². The average Bonchev–Trinajstić information content (AvgIpc) is 2.49. The molecule has 21 heavy (non-hydrogen) atoms. The number of hydrogen-bond acceptors (Lipinski definition) is 3. The molecule has 0 aliphatic rings. The smallest absolute Gasteiger partial charge is 0.171 e. The molecular weight excluding hydrogens is 271 g/mol. The first kappa shape index (κ1) is 15.0. The van der Waals surface area contributed by atoms with Crippen LogP contribution in [0.25, 0.3) is 0 Å². The van der Waals surface area contributed by atoms with E-state index < -0.39 is 5.82 Å². The second-order valence-electron chi connectivity index (χ2n) is 4.74. The van der Waals surface area contributed by atoms with Crippen molar-refractivity contribution in [2.45, 2.75) is 13.3 Å². The molecule has 0 bridgehead atoms. The summed E-state index contributed by atoms with van der Waals surface area (Å²) < 4.78 is 24.2. The third kappa shape index (κ3) is 3.21. The van der Waals surface area contributed by atoms with Crippen LogP contribution in [0.3, 0.4) is 0 Å². The normalized spacial score (nSPS) is 10.3. The highest BCUT2D eigenvalue weighted by molar-refractivity contribution is 6.00. The molecule has 0 aromatic heterocycles. The molecule has 2 rings (SSSR count). The summed E-state index contributed by atoms with van der Waals surface area (Å²) in [6.07, 6.45) is -0.0388. The Balaban J connectivity index is 2.32. The van der Waals surface area contributed by atoms with E-state index in [2.05, 4.69) is 0 Å². The van der Waals surface area contributed by atoms with Gasteiger partial charge in [-0.05, 0) is 30.7 Å². The largest absolute Gasteiger partial charge is 0.496 e. The molecule has 0 spiro atoms. The molecule has 4 heteroatoms. The number of hydrogen-bond donors (Lipinski definition) is 0. The Bertz CT molecular complexity index is 665. The van der Waals surface area contributed by atoms with Gasteiger partial charge in [-0.15, -0.1) is 0 Å². The second kappa shape index (κ2) is 6.39. The summed E-state index contributed by atoms with van der Waals surface area (Å²) in [7, 11) is 2.90. The summed E-state index contributed by atoms with van der Waals surface area (Å²) in [5.41, 5.74) is 1.72. The lowest BCUT2D eigenvalue weighted by atomic mass is 10.00. The van der Waals surface area contributed by atoms with Crippen LogP contribution in [-0.4, -0.2) is 20.0 Å². The molecule has 0 unspecified atom stereocenters. The summed E-state index contributed by atoms with van der Waals surface area (Å²) in [5.74, 6) is -0.0620. The van der Waals surface area contributed by atoms with Crippen molar-refractivity contribution in [1.29, 1.82) is 0 Å². The standard InChI is InChI=1S/C17H17FO3/c1-11-7-8-15(20-2)13(9-11)14(19)10-12-5-4-6-16(21-3)17(12)18/h4-9H,10H2,1-3H3. The molecule has 0 aliphatic carbocycles. The van der Waals surface area contributed by atoms with E-state index in [0.717, 1.165) is 5.56 Å². The van der Waals surface area contributed by atoms with Crippen molar-refractivity contribution >= 4 is 5.78 Å². The Hall–Kier alpha value is -2.36. The van der Waals surface area contributed by atoms with Gasteiger partial charge < -0.3 is 9.47 Å². The highest BCUT2D eigenvalue weighted by Crippen LogP contribution is 2.24. The van der Waals surface area contributed by atoms with Crippen LogP contribution in [0.1, 0.15) is 21.5 Å². The summed E-state index contributed by atoms with van der Waals surface area (Å²) in [5, 5.41) is 0. The maximum absolute atomic E-state index is 14.1. The molecular formula is C17H17FO3. The SMILES string of the molecule is COc1ccc(C)cc1C(=O)Cc1cccc(OC)c1F. The predicted molar refractivity (Wildman–Crippen MR) is 78.7 cm³/mol. The highest BCUT2D eigenvalue weighted by Gasteiger charge is 2.16. The Kier molecular flexibility index (Phi) is 4.58. The quantitative estimate of drug-likeness (QED) is 0.789. The van der Waals surface area contributed by atoms with Gasteiger partial charge in [-0.3, -0.25) is 4.79 Å². The third-order valence-electron chi connectivity index (χ3n) is 3.27. The highest BCUT2D eigenvalue weighted by atomic mass is 19.1. The maximum Gasteiger partial charge on any atom is 0.171 e. The zero-order chi connectivity index (χ0) is 15.4. The topological polar surface area (TPSA) is 35.5 Å². The number of halogens is 1. The second-order valence-corrected chi connectivity index (χ2v) is 4.74. The first-order valence-corrected chi connectivity index (χ1v) is 6.56. The fourth-order valence-corrected chi connectivity index (χ4v) is 2.16. The van der Waals surface area contributed by atoms with Gasteiger partial charge in [0.15, 0.2) is 17.3 Å². The van der Waals surface area contributed by atoms with Crippen molar-refractivity contribution in [2.24, 2.45) is 0 Å². The van der Waals surface area contributed by atoms with Gasteiger partial charge in [0.1, 0.15) is 5.75 Å². The van der Waals surface area contributed by atoms with Gasteiger partial charge >= 0.3 is 0 Å². The third-order valence-corrected chi connectivity index (χ3v) is 3.27. The van der Waals surface area contributed by atoms with E-state index in [-0.39, 0.29) is 18.0 Å². The molecule has 0 saturated carbocycles. The maximum atomic E-state index is 14.1. The van der Waals surface area contributed by atoms with E-state index in [1.807, 2.05) is 13.0 Å². The molecule has 0 atom stereocenters. The zero-order valence-corrected chi connectivity index (χ0v) is 12.3. The van der Waals surface area contributed by atoms with Crippen molar-refractivity contribution in [3.63, 3.8) is 0 Å². The summed E-state index contributed by atoms with van der Waals surface area (Å²) in [6, 6.07) is 10.1. The van der Waals surface area contributed by atoms with Crippen LogP contribution < -0.4 is 9.47 Å². The Morgan fingerprint density at radius 2 is 1.81 bits per heavy atom. The van der Waals surface area contributed by atoms with Crippen molar-refractivity contribution in [2.75, 3.05) is 14.2 Å². The molecule has 0 amide bonds. The number of ether oxygens (including phenoxy) is 2. The van der Waals surface area contributed by atoms with Gasteiger partial charge in [0, 0.05) is 6.42 Å². The number of aryl methyl sites for hydroxylation is 1. The van der Waals surface area contributed by atoms with E-state index in [9.17, 15) is 9.18 Å². The molecule has 110 valence electrons. The monoisotopic (exact) mass is 288 g/mol. The van der Waals surface area contributed by atoms with Crippen LogP contribution in [0.4, 0.5) is 4.39 Å². The summed E-state index contributed by atoms with van der Waals surface area (Å²) in [6.45, 7) is 1.89. The van der Waals surface area contributed by atoms with Crippen LogP contribution >= 0.6 is 0 Å². The molecule has 0 fully saturated rings. The summed E-state index contributed by atoms with van der Waals surface area (Å²) >= 11 is 0. The van der Waals surface area contributed by atoms with Gasteiger partial charge in [0.2, 0.25) is 0 Å². The minimum Gasteiger partial charge on any atom is -0.496 e. The molecule has 0 aliphatic heterocycles. The number of benzene rings is 2. The Morgan fingerprint density at radius 1 is 1.10 bits per heavy atom. The first-order chi connectivity index (χ1) is 10.1. The van der Waals surface area contributed by atoms with Crippen LogP contribution in [0.15, 0.2) is 36.4 Å². The molecule has 2 aromatic rings.